The van der Waals surface area contributed by atoms with Gasteiger partial charge in [-0.15, -0.1) is 0 Å². The SMILES string of the molecule is CC1(CO)CC[C@]2(COC(=O)O)CC[C@]3(C)C(=CC[C@@H]4[C@@]5(C)CCC(=O)C(C)(C)C5CC[C@]43C)[C@H]2C1. The van der Waals surface area contributed by atoms with Gasteiger partial charge in [-0.25, -0.2) is 4.79 Å². The Morgan fingerprint density at radius 1 is 1.00 bits per heavy atom. The number of rotatable bonds is 3. The number of hydrogen-bond acceptors (Lipinski definition) is 4. The molecular weight excluding hydrogens is 452 g/mol. The van der Waals surface area contributed by atoms with Crippen LogP contribution in [0.5, 0.6) is 0 Å². The lowest BCUT2D eigenvalue weighted by Gasteiger charge is -2.70. The van der Waals surface area contributed by atoms with Crippen LogP contribution in [0, 0.1) is 50.2 Å². The van der Waals surface area contributed by atoms with Crippen LogP contribution in [0.25, 0.3) is 0 Å². The maximum atomic E-state index is 12.9. The average molecular weight is 501 g/mol. The summed E-state index contributed by atoms with van der Waals surface area (Å²) in [6.07, 6.45) is 11.1. The lowest BCUT2D eigenvalue weighted by Crippen LogP contribution is -2.64. The van der Waals surface area contributed by atoms with Gasteiger partial charge in [0.05, 0.1) is 0 Å². The Balaban J connectivity index is 1.57. The van der Waals surface area contributed by atoms with Crippen molar-refractivity contribution < 1.29 is 24.5 Å². The molecule has 0 aromatic carbocycles. The van der Waals surface area contributed by atoms with Crippen LogP contribution in [0.15, 0.2) is 11.6 Å². The lowest BCUT2D eigenvalue weighted by molar-refractivity contribution is -0.187. The smallest absolute Gasteiger partial charge is 0.450 e. The Hall–Kier alpha value is -1.36. The molecular formula is C31H48O5. The molecule has 0 aromatic rings. The van der Waals surface area contributed by atoms with Crippen molar-refractivity contribution in [2.75, 3.05) is 13.2 Å². The molecule has 5 rings (SSSR count). The zero-order valence-electron chi connectivity index (χ0n) is 23.4. The molecule has 0 bridgehead atoms. The van der Waals surface area contributed by atoms with Crippen molar-refractivity contribution >= 4 is 11.9 Å². The van der Waals surface area contributed by atoms with E-state index in [1.807, 2.05) is 0 Å². The minimum absolute atomic E-state index is 0.0423. The second-order valence-electron chi connectivity index (χ2n) is 15.1. The Morgan fingerprint density at radius 3 is 2.36 bits per heavy atom. The highest BCUT2D eigenvalue weighted by atomic mass is 16.7. The highest BCUT2D eigenvalue weighted by Gasteiger charge is 2.68. The number of carbonyl (C=O) groups is 2. The van der Waals surface area contributed by atoms with Gasteiger partial charge < -0.3 is 14.9 Å². The molecule has 36 heavy (non-hydrogen) atoms. The summed E-state index contributed by atoms with van der Waals surface area (Å²) in [5.74, 6) is 1.66. The van der Waals surface area contributed by atoms with E-state index in [9.17, 15) is 19.8 Å². The summed E-state index contributed by atoms with van der Waals surface area (Å²) in [6.45, 7) is 14.6. The molecule has 5 heteroatoms. The molecule has 0 amide bonds. The summed E-state index contributed by atoms with van der Waals surface area (Å²) in [4.78, 5) is 24.4. The second kappa shape index (κ2) is 8.07. The number of fused-ring (bicyclic) bond motifs is 7. The molecule has 2 unspecified atom stereocenters. The summed E-state index contributed by atoms with van der Waals surface area (Å²) < 4.78 is 5.30. The van der Waals surface area contributed by atoms with Gasteiger partial charge in [0.25, 0.3) is 0 Å². The third-order valence-corrected chi connectivity index (χ3v) is 13.3. The van der Waals surface area contributed by atoms with Crippen molar-refractivity contribution in [3.05, 3.63) is 11.6 Å². The monoisotopic (exact) mass is 500 g/mol. The molecule has 0 aliphatic heterocycles. The van der Waals surface area contributed by atoms with Gasteiger partial charge in [0.15, 0.2) is 0 Å². The van der Waals surface area contributed by atoms with Gasteiger partial charge in [-0.2, -0.15) is 0 Å². The fraction of sp³-hybridized carbons (Fsp3) is 0.871. The van der Waals surface area contributed by atoms with Crippen LogP contribution >= 0.6 is 0 Å². The van der Waals surface area contributed by atoms with Crippen molar-refractivity contribution in [1.82, 2.24) is 0 Å². The van der Waals surface area contributed by atoms with Crippen molar-refractivity contribution in [3.63, 3.8) is 0 Å². The van der Waals surface area contributed by atoms with E-state index in [2.05, 4.69) is 47.6 Å². The molecule has 5 nitrogen and oxygen atoms in total. The van der Waals surface area contributed by atoms with Gasteiger partial charge in [0, 0.05) is 23.9 Å². The highest BCUT2D eigenvalue weighted by Crippen LogP contribution is 2.75. The Morgan fingerprint density at radius 2 is 1.69 bits per heavy atom. The van der Waals surface area contributed by atoms with E-state index in [0.29, 0.717) is 24.0 Å². The Labute approximate surface area is 217 Å². The minimum atomic E-state index is -1.18. The molecule has 0 spiro atoms. The van der Waals surface area contributed by atoms with Gasteiger partial charge >= 0.3 is 6.16 Å². The van der Waals surface area contributed by atoms with Crippen LogP contribution < -0.4 is 0 Å². The van der Waals surface area contributed by atoms with Crippen LogP contribution in [0.3, 0.4) is 0 Å². The van der Waals surface area contributed by atoms with E-state index in [0.717, 1.165) is 57.8 Å². The number of aliphatic hydroxyl groups excluding tert-OH is 1. The predicted molar refractivity (Wildman–Crippen MR) is 139 cm³/mol. The summed E-state index contributed by atoms with van der Waals surface area (Å²) in [5.41, 5.74) is 1.32. The maximum absolute atomic E-state index is 12.9. The van der Waals surface area contributed by atoms with E-state index >= 15 is 0 Å². The lowest BCUT2D eigenvalue weighted by atomic mass is 9.33. The van der Waals surface area contributed by atoms with Gasteiger partial charge in [0.2, 0.25) is 0 Å². The van der Waals surface area contributed by atoms with Crippen LogP contribution in [-0.2, 0) is 9.53 Å². The largest absolute Gasteiger partial charge is 0.505 e. The quantitative estimate of drug-likeness (QED) is 0.321. The van der Waals surface area contributed by atoms with E-state index in [-0.39, 0.29) is 51.6 Å². The van der Waals surface area contributed by atoms with Gasteiger partial charge in [-0.1, -0.05) is 53.2 Å². The van der Waals surface area contributed by atoms with Crippen LogP contribution in [0.4, 0.5) is 4.79 Å². The van der Waals surface area contributed by atoms with E-state index in [1.54, 1.807) is 0 Å². The van der Waals surface area contributed by atoms with Crippen molar-refractivity contribution in [1.29, 1.82) is 0 Å². The molecule has 202 valence electrons. The fourth-order valence-electron chi connectivity index (χ4n) is 10.7. The number of carbonyl (C=O) groups excluding carboxylic acids is 1. The van der Waals surface area contributed by atoms with Gasteiger partial charge in [-0.05, 0) is 97.2 Å². The first-order valence-corrected chi connectivity index (χ1v) is 14.4. The number of Topliss-reactive ketones (excluding diaryl/α,β-unsaturated/α-hetero) is 1. The highest BCUT2D eigenvalue weighted by molar-refractivity contribution is 5.85. The van der Waals surface area contributed by atoms with Crippen molar-refractivity contribution in [2.45, 2.75) is 106 Å². The molecule has 0 aromatic heterocycles. The first kappa shape index (κ1) is 26.3. The van der Waals surface area contributed by atoms with Crippen LogP contribution in [0.2, 0.25) is 0 Å². The number of ether oxygens (including phenoxy) is 1. The summed E-state index contributed by atoms with van der Waals surface area (Å²) in [7, 11) is 0. The van der Waals surface area contributed by atoms with Crippen molar-refractivity contribution in [3.8, 4) is 0 Å². The maximum Gasteiger partial charge on any atom is 0.505 e. The number of hydrogen-bond donors (Lipinski definition) is 2. The number of aliphatic hydroxyl groups is 1. The molecule has 0 heterocycles. The number of allylic oxidation sites excluding steroid dienone is 2. The predicted octanol–water partition coefficient (Wildman–Crippen LogP) is 7.02. The Bertz CT molecular complexity index is 983. The minimum Gasteiger partial charge on any atom is -0.450 e. The zero-order valence-corrected chi connectivity index (χ0v) is 23.4. The molecule has 0 radical (unpaired) electrons. The summed E-state index contributed by atoms with van der Waals surface area (Å²) in [6, 6.07) is 0. The molecule has 5 aliphatic carbocycles. The molecule has 2 N–H and O–H groups in total. The zero-order chi connectivity index (χ0) is 26.4. The summed E-state index contributed by atoms with van der Waals surface area (Å²) in [5, 5.41) is 19.7. The first-order valence-electron chi connectivity index (χ1n) is 14.4. The van der Waals surface area contributed by atoms with E-state index in [4.69, 9.17) is 4.74 Å². The topological polar surface area (TPSA) is 83.8 Å². The molecule has 0 saturated heterocycles. The van der Waals surface area contributed by atoms with Crippen LogP contribution in [0.1, 0.15) is 106 Å². The molecule has 4 fully saturated rings. The molecule has 8 atom stereocenters. The average Bonchev–Trinajstić information content (AvgIpc) is 2.81. The number of ketones is 1. The molecule has 5 aliphatic rings. The molecule has 4 saturated carbocycles. The first-order chi connectivity index (χ1) is 16.7. The number of carboxylic acid groups (broad SMARTS) is 1. The Kier molecular flexibility index (Phi) is 5.89. The normalized spacial score (nSPS) is 49.6. The van der Waals surface area contributed by atoms with Gasteiger partial charge in [-0.3, -0.25) is 4.79 Å². The summed E-state index contributed by atoms with van der Waals surface area (Å²) >= 11 is 0. The van der Waals surface area contributed by atoms with Gasteiger partial charge in [0.1, 0.15) is 12.4 Å². The standard InChI is InChI=1S/C31H48O5/c1-26(2)22-9-12-30(6)23(28(22,4)11-10-24(26)33)8-7-20-21-17-27(3,18-32)13-15-31(21,19-36-25(34)35)16-14-29(20,30)5/h7,21-23,32H,8-19H2,1-6H3,(H,34,35)/t21-,22?,23-,27?,28+,29-,30-,31-/m1/s1. The third-order valence-electron chi connectivity index (χ3n) is 13.3. The fourth-order valence-corrected chi connectivity index (χ4v) is 10.7. The van der Waals surface area contributed by atoms with Crippen LogP contribution in [-0.4, -0.2) is 35.4 Å². The third kappa shape index (κ3) is 3.36. The second-order valence-corrected chi connectivity index (χ2v) is 15.1. The van der Waals surface area contributed by atoms with E-state index in [1.165, 1.54) is 5.57 Å². The van der Waals surface area contributed by atoms with E-state index < -0.39 is 6.16 Å². The van der Waals surface area contributed by atoms with Crippen molar-refractivity contribution in [2.24, 2.45) is 50.2 Å².